The van der Waals surface area contributed by atoms with Crippen molar-refractivity contribution in [1.82, 2.24) is 10.3 Å². The molecule has 1 rings (SSSR count). The van der Waals surface area contributed by atoms with E-state index in [2.05, 4.69) is 33.2 Å². The minimum Gasteiger partial charge on any atom is -0.393 e. The third-order valence-corrected chi connectivity index (χ3v) is 2.54. The maximum Gasteiger partial charge on any atom is 0.0526 e. The first-order valence-electron chi connectivity index (χ1n) is 5.09. The highest BCUT2D eigenvalue weighted by molar-refractivity contribution is 9.10. The highest BCUT2D eigenvalue weighted by Crippen LogP contribution is 2.09. The van der Waals surface area contributed by atoms with Crippen molar-refractivity contribution in [2.45, 2.75) is 39.0 Å². The molecular formula is C11H17BrN2O. The fourth-order valence-corrected chi connectivity index (χ4v) is 1.85. The number of nitrogens with zero attached hydrogens (tertiary/aromatic N) is 1. The molecule has 0 amide bonds. The van der Waals surface area contributed by atoms with Crippen molar-refractivity contribution in [3.05, 3.63) is 28.5 Å². The van der Waals surface area contributed by atoms with Gasteiger partial charge < -0.3 is 10.4 Å². The molecule has 2 atom stereocenters. The number of rotatable bonds is 5. The third-order valence-electron chi connectivity index (χ3n) is 2.11. The molecule has 0 saturated heterocycles. The first-order chi connectivity index (χ1) is 7.08. The van der Waals surface area contributed by atoms with Crippen LogP contribution in [0.2, 0.25) is 0 Å². The van der Waals surface area contributed by atoms with Gasteiger partial charge in [-0.2, -0.15) is 0 Å². The molecule has 15 heavy (non-hydrogen) atoms. The molecule has 2 unspecified atom stereocenters. The van der Waals surface area contributed by atoms with Crippen LogP contribution in [0.3, 0.4) is 0 Å². The number of pyridine rings is 1. The molecule has 2 N–H and O–H groups in total. The summed E-state index contributed by atoms with van der Waals surface area (Å²) in [6, 6.07) is 2.35. The summed E-state index contributed by atoms with van der Waals surface area (Å²) < 4.78 is 0.991. The number of aliphatic hydroxyl groups is 1. The normalized spacial score (nSPS) is 14.9. The van der Waals surface area contributed by atoms with E-state index in [9.17, 15) is 5.11 Å². The fourth-order valence-electron chi connectivity index (χ4n) is 1.44. The molecule has 0 spiro atoms. The van der Waals surface area contributed by atoms with Crippen molar-refractivity contribution >= 4 is 15.9 Å². The van der Waals surface area contributed by atoms with Gasteiger partial charge in [0, 0.05) is 29.5 Å². The maximum atomic E-state index is 9.20. The summed E-state index contributed by atoms with van der Waals surface area (Å²) in [5.41, 5.74) is 1.14. The molecule has 1 aromatic heterocycles. The summed E-state index contributed by atoms with van der Waals surface area (Å²) in [6.45, 7) is 4.65. The Balaban J connectivity index is 2.36. The maximum absolute atomic E-state index is 9.20. The lowest BCUT2D eigenvalue weighted by atomic mass is 10.1. The molecule has 0 aliphatic rings. The second-order valence-corrected chi connectivity index (χ2v) is 4.79. The summed E-state index contributed by atoms with van der Waals surface area (Å²) in [5.74, 6) is 0. The van der Waals surface area contributed by atoms with Gasteiger partial charge in [0.15, 0.2) is 0 Å². The Labute approximate surface area is 99.1 Å². The van der Waals surface area contributed by atoms with Crippen molar-refractivity contribution in [3.8, 4) is 0 Å². The molecule has 3 nitrogen and oxygen atoms in total. The standard InChI is InChI=1S/C11H17BrN2O/c1-8(3-9(2)15)14-6-10-4-11(12)7-13-5-10/h4-5,7-9,14-15H,3,6H2,1-2H3. The topological polar surface area (TPSA) is 45.1 Å². The first kappa shape index (κ1) is 12.6. The smallest absolute Gasteiger partial charge is 0.0526 e. The van der Waals surface area contributed by atoms with Crippen LogP contribution in [-0.2, 0) is 6.54 Å². The Morgan fingerprint density at radius 2 is 2.20 bits per heavy atom. The van der Waals surface area contributed by atoms with Gasteiger partial charge in [0.25, 0.3) is 0 Å². The zero-order chi connectivity index (χ0) is 11.3. The quantitative estimate of drug-likeness (QED) is 0.863. The van der Waals surface area contributed by atoms with E-state index in [4.69, 9.17) is 0 Å². The van der Waals surface area contributed by atoms with Gasteiger partial charge in [-0.3, -0.25) is 4.98 Å². The molecule has 0 aromatic carbocycles. The van der Waals surface area contributed by atoms with Crippen molar-refractivity contribution < 1.29 is 5.11 Å². The highest BCUT2D eigenvalue weighted by atomic mass is 79.9. The predicted molar refractivity (Wildman–Crippen MR) is 64.5 cm³/mol. The molecular weight excluding hydrogens is 256 g/mol. The second kappa shape index (κ2) is 6.20. The van der Waals surface area contributed by atoms with E-state index < -0.39 is 0 Å². The van der Waals surface area contributed by atoms with Crippen LogP contribution in [0.15, 0.2) is 22.9 Å². The molecule has 0 bridgehead atoms. The van der Waals surface area contributed by atoms with Crippen molar-refractivity contribution in [2.75, 3.05) is 0 Å². The molecule has 0 aliphatic heterocycles. The van der Waals surface area contributed by atoms with E-state index in [1.165, 1.54) is 0 Å². The van der Waals surface area contributed by atoms with Crippen LogP contribution in [0, 0.1) is 0 Å². The first-order valence-corrected chi connectivity index (χ1v) is 5.88. The van der Waals surface area contributed by atoms with Crippen LogP contribution in [0.1, 0.15) is 25.8 Å². The zero-order valence-electron chi connectivity index (χ0n) is 9.07. The van der Waals surface area contributed by atoms with Gasteiger partial charge in [0.1, 0.15) is 0 Å². The monoisotopic (exact) mass is 272 g/mol. The van der Waals surface area contributed by atoms with Crippen LogP contribution in [0.4, 0.5) is 0 Å². The van der Waals surface area contributed by atoms with Crippen LogP contribution < -0.4 is 5.32 Å². The SMILES string of the molecule is CC(O)CC(C)NCc1cncc(Br)c1. The average molecular weight is 273 g/mol. The van der Waals surface area contributed by atoms with E-state index in [1.807, 2.05) is 12.3 Å². The summed E-state index contributed by atoms with van der Waals surface area (Å²) in [5, 5.41) is 12.5. The fraction of sp³-hybridized carbons (Fsp3) is 0.545. The van der Waals surface area contributed by atoms with Crippen LogP contribution in [-0.4, -0.2) is 22.2 Å². The minimum atomic E-state index is -0.256. The Kier molecular flexibility index (Phi) is 5.22. The lowest BCUT2D eigenvalue weighted by molar-refractivity contribution is 0.170. The number of aromatic nitrogens is 1. The van der Waals surface area contributed by atoms with E-state index in [1.54, 1.807) is 13.1 Å². The Bertz CT molecular complexity index is 304. The van der Waals surface area contributed by atoms with Crippen LogP contribution in [0.25, 0.3) is 0 Å². The van der Waals surface area contributed by atoms with E-state index in [0.29, 0.717) is 6.04 Å². The van der Waals surface area contributed by atoms with Gasteiger partial charge in [0.2, 0.25) is 0 Å². The number of hydrogen-bond donors (Lipinski definition) is 2. The summed E-state index contributed by atoms with van der Waals surface area (Å²) in [6.07, 6.45) is 4.12. The second-order valence-electron chi connectivity index (χ2n) is 3.88. The summed E-state index contributed by atoms with van der Waals surface area (Å²) in [7, 11) is 0. The molecule has 0 aliphatic carbocycles. The van der Waals surface area contributed by atoms with Crippen LogP contribution in [0.5, 0.6) is 0 Å². The lowest BCUT2D eigenvalue weighted by Crippen LogP contribution is -2.28. The Hall–Kier alpha value is -0.450. The van der Waals surface area contributed by atoms with Gasteiger partial charge in [-0.1, -0.05) is 0 Å². The van der Waals surface area contributed by atoms with E-state index in [-0.39, 0.29) is 6.10 Å². The number of aliphatic hydroxyl groups excluding tert-OH is 1. The zero-order valence-corrected chi connectivity index (χ0v) is 10.7. The molecule has 4 heteroatoms. The minimum absolute atomic E-state index is 0.256. The number of halogens is 1. The summed E-state index contributed by atoms with van der Waals surface area (Å²) >= 11 is 3.38. The molecule has 0 fully saturated rings. The van der Waals surface area contributed by atoms with E-state index >= 15 is 0 Å². The highest BCUT2D eigenvalue weighted by Gasteiger charge is 2.05. The third kappa shape index (κ3) is 5.25. The van der Waals surface area contributed by atoms with Gasteiger partial charge in [-0.05, 0) is 47.8 Å². The van der Waals surface area contributed by atoms with Crippen LogP contribution >= 0.6 is 15.9 Å². The molecule has 0 saturated carbocycles. The molecule has 1 aromatic rings. The van der Waals surface area contributed by atoms with E-state index in [0.717, 1.165) is 23.0 Å². The lowest BCUT2D eigenvalue weighted by Gasteiger charge is -2.15. The largest absolute Gasteiger partial charge is 0.393 e. The summed E-state index contributed by atoms with van der Waals surface area (Å²) in [4.78, 5) is 4.09. The van der Waals surface area contributed by atoms with Crippen molar-refractivity contribution in [2.24, 2.45) is 0 Å². The van der Waals surface area contributed by atoms with Gasteiger partial charge in [-0.15, -0.1) is 0 Å². The van der Waals surface area contributed by atoms with Gasteiger partial charge in [0.05, 0.1) is 6.10 Å². The molecule has 0 radical (unpaired) electrons. The molecule has 84 valence electrons. The Morgan fingerprint density at radius 3 is 2.80 bits per heavy atom. The Morgan fingerprint density at radius 1 is 1.47 bits per heavy atom. The average Bonchev–Trinajstić information content (AvgIpc) is 2.14. The molecule has 1 heterocycles. The van der Waals surface area contributed by atoms with Crippen molar-refractivity contribution in [3.63, 3.8) is 0 Å². The number of hydrogen-bond acceptors (Lipinski definition) is 3. The van der Waals surface area contributed by atoms with Crippen molar-refractivity contribution in [1.29, 1.82) is 0 Å². The predicted octanol–water partition coefficient (Wildman–Crippen LogP) is 2.09. The number of nitrogens with one attached hydrogen (secondary N) is 1. The van der Waals surface area contributed by atoms with Gasteiger partial charge >= 0.3 is 0 Å². The van der Waals surface area contributed by atoms with Gasteiger partial charge in [-0.25, -0.2) is 0 Å².